The third-order valence-electron chi connectivity index (χ3n) is 2.46. The van der Waals surface area contributed by atoms with Gasteiger partial charge < -0.3 is 0 Å². The van der Waals surface area contributed by atoms with E-state index in [-0.39, 0.29) is 30.0 Å². The van der Waals surface area contributed by atoms with E-state index < -0.39 is 0 Å². The molecule has 0 unspecified atom stereocenters. The molecule has 0 aromatic heterocycles. The van der Waals surface area contributed by atoms with E-state index in [9.17, 15) is 14.0 Å². The number of hydrogen-bond acceptors (Lipinski definition) is 2. The summed E-state index contributed by atoms with van der Waals surface area (Å²) in [5.41, 5.74) is 0.441. The van der Waals surface area contributed by atoms with Gasteiger partial charge in [0.1, 0.15) is 5.82 Å². The monoisotopic (exact) mass is 207 g/mol. The number of anilines is 1. The number of imide groups is 1. The van der Waals surface area contributed by atoms with Crippen LogP contribution in [0, 0.1) is 11.7 Å². The van der Waals surface area contributed by atoms with Crippen molar-refractivity contribution in [1.29, 1.82) is 0 Å². The van der Waals surface area contributed by atoms with Gasteiger partial charge in [0.05, 0.1) is 5.69 Å². The van der Waals surface area contributed by atoms with E-state index in [1.807, 2.05) is 0 Å². The maximum Gasteiger partial charge on any atom is 0.237 e. The molecule has 1 atom stereocenters. The van der Waals surface area contributed by atoms with E-state index in [1.165, 1.54) is 24.3 Å². The van der Waals surface area contributed by atoms with Gasteiger partial charge in [0.25, 0.3) is 0 Å². The lowest BCUT2D eigenvalue weighted by atomic mass is 10.1. The second-order valence-corrected chi connectivity index (χ2v) is 3.65. The molecule has 1 aromatic rings. The highest BCUT2D eigenvalue weighted by Crippen LogP contribution is 2.25. The third-order valence-corrected chi connectivity index (χ3v) is 2.46. The number of rotatable bonds is 1. The summed E-state index contributed by atoms with van der Waals surface area (Å²) in [5, 5.41) is 0. The third kappa shape index (κ3) is 1.63. The van der Waals surface area contributed by atoms with Gasteiger partial charge in [-0.2, -0.15) is 0 Å². The van der Waals surface area contributed by atoms with Crippen LogP contribution in [0.3, 0.4) is 0 Å². The Morgan fingerprint density at radius 3 is 2.33 bits per heavy atom. The predicted molar refractivity (Wildman–Crippen MR) is 52.7 cm³/mol. The minimum absolute atomic E-state index is 0.216. The van der Waals surface area contributed by atoms with Crippen LogP contribution in [0.25, 0.3) is 0 Å². The summed E-state index contributed by atoms with van der Waals surface area (Å²) in [4.78, 5) is 24.2. The molecule has 1 heterocycles. The summed E-state index contributed by atoms with van der Waals surface area (Å²) >= 11 is 0. The van der Waals surface area contributed by atoms with E-state index in [2.05, 4.69) is 0 Å². The van der Waals surface area contributed by atoms with Gasteiger partial charge >= 0.3 is 0 Å². The second-order valence-electron chi connectivity index (χ2n) is 3.65. The lowest BCUT2D eigenvalue weighted by molar-refractivity contribution is -0.122. The van der Waals surface area contributed by atoms with Crippen LogP contribution >= 0.6 is 0 Å². The van der Waals surface area contributed by atoms with Gasteiger partial charge in [-0.15, -0.1) is 0 Å². The van der Waals surface area contributed by atoms with Crippen LogP contribution in [-0.2, 0) is 9.59 Å². The summed E-state index contributed by atoms with van der Waals surface area (Å²) in [6.45, 7) is 1.71. The zero-order valence-electron chi connectivity index (χ0n) is 8.24. The van der Waals surface area contributed by atoms with Gasteiger partial charge in [-0.25, -0.2) is 4.39 Å². The molecule has 1 fully saturated rings. The average molecular weight is 207 g/mol. The van der Waals surface area contributed by atoms with Gasteiger partial charge in [-0.05, 0) is 24.3 Å². The lowest BCUT2D eigenvalue weighted by Gasteiger charge is -2.13. The zero-order chi connectivity index (χ0) is 11.0. The predicted octanol–water partition coefficient (Wildman–Crippen LogP) is 1.73. The molecule has 2 amide bonds. The molecular formula is C11H10FNO2. The van der Waals surface area contributed by atoms with Crippen LogP contribution in [0.15, 0.2) is 24.3 Å². The summed E-state index contributed by atoms with van der Waals surface area (Å²) in [7, 11) is 0. The first-order valence-electron chi connectivity index (χ1n) is 4.72. The van der Waals surface area contributed by atoms with Gasteiger partial charge in [-0.3, -0.25) is 14.5 Å². The fourth-order valence-electron chi connectivity index (χ4n) is 1.65. The van der Waals surface area contributed by atoms with E-state index in [4.69, 9.17) is 0 Å². The SMILES string of the molecule is C[C@H]1CC(=O)N(c2ccc(F)cc2)C1=O. The van der Waals surface area contributed by atoms with Crippen LogP contribution in [-0.4, -0.2) is 11.8 Å². The number of nitrogens with zero attached hydrogens (tertiary/aromatic N) is 1. The van der Waals surface area contributed by atoms with Crippen molar-refractivity contribution >= 4 is 17.5 Å². The topological polar surface area (TPSA) is 37.4 Å². The Balaban J connectivity index is 2.35. The number of halogens is 1. The molecule has 0 bridgehead atoms. The molecule has 2 rings (SSSR count). The quantitative estimate of drug-likeness (QED) is 0.657. The minimum atomic E-state index is -0.383. The van der Waals surface area contributed by atoms with Crippen molar-refractivity contribution in [2.45, 2.75) is 13.3 Å². The Morgan fingerprint density at radius 1 is 1.27 bits per heavy atom. The van der Waals surface area contributed by atoms with Crippen LogP contribution < -0.4 is 4.90 Å². The smallest absolute Gasteiger partial charge is 0.237 e. The average Bonchev–Trinajstić information content (AvgIpc) is 2.44. The molecule has 0 N–H and O–H groups in total. The van der Waals surface area contributed by atoms with E-state index in [0.717, 1.165) is 4.90 Å². The Labute approximate surface area is 86.5 Å². The largest absolute Gasteiger partial charge is 0.274 e. The fourth-order valence-corrected chi connectivity index (χ4v) is 1.65. The summed E-state index contributed by atoms with van der Waals surface area (Å²) in [6, 6.07) is 5.34. The van der Waals surface area contributed by atoms with Gasteiger partial charge in [-0.1, -0.05) is 6.92 Å². The number of amides is 2. The fraction of sp³-hybridized carbons (Fsp3) is 0.273. The van der Waals surface area contributed by atoms with Crippen LogP contribution in [0.5, 0.6) is 0 Å². The van der Waals surface area contributed by atoms with Crippen molar-refractivity contribution in [3.8, 4) is 0 Å². The highest BCUT2D eigenvalue weighted by molar-refractivity contribution is 6.20. The Morgan fingerprint density at radius 2 is 1.87 bits per heavy atom. The molecule has 1 aliphatic rings. The number of benzene rings is 1. The molecule has 1 saturated heterocycles. The van der Waals surface area contributed by atoms with E-state index in [0.29, 0.717) is 5.69 Å². The van der Waals surface area contributed by atoms with Crippen molar-refractivity contribution in [2.24, 2.45) is 5.92 Å². The van der Waals surface area contributed by atoms with Gasteiger partial charge in [0.2, 0.25) is 11.8 Å². The molecule has 3 nitrogen and oxygen atoms in total. The Hall–Kier alpha value is -1.71. The molecule has 0 aliphatic carbocycles. The maximum atomic E-state index is 12.7. The molecule has 4 heteroatoms. The molecule has 15 heavy (non-hydrogen) atoms. The summed E-state index contributed by atoms with van der Waals surface area (Å²) in [5.74, 6) is -1.10. The standard InChI is InChI=1S/C11H10FNO2/c1-7-6-10(14)13(11(7)15)9-4-2-8(12)3-5-9/h2-5,7H,6H2,1H3/t7-/m0/s1. The summed E-state index contributed by atoms with van der Waals surface area (Å²) in [6.07, 6.45) is 0.232. The first kappa shape index (κ1) is 9.83. The normalized spacial score (nSPS) is 21.2. The van der Waals surface area contributed by atoms with E-state index >= 15 is 0 Å². The number of carbonyl (C=O) groups excluding carboxylic acids is 2. The first-order chi connectivity index (χ1) is 7.09. The van der Waals surface area contributed by atoms with Crippen molar-refractivity contribution in [2.75, 3.05) is 4.90 Å². The molecule has 1 aliphatic heterocycles. The van der Waals surface area contributed by atoms with Crippen molar-refractivity contribution in [3.05, 3.63) is 30.1 Å². The molecule has 0 spiro atoms. The van der Waals surface area contributed by atoms with Crippen molar-refractivity contribution in [1.82, 2.24) is 0 Å². The first-order valence-corrected chi connectivity index (χ1v) is 4.72. The van der Waals surface area contributed by atoms with Gasteiger partial charge in [0, 0.05) is 12.3 Å². The Kier molecular flexibility index (Phi) is 2.26. The molecule has 78 valence electrons. The van der Waals surface area contributed by atoms with Crippen LogP contribution in [0.1, 0.15) is 13.3 Å². The summed E-state index contributed by atoms with van der Waals surface area (Å²) < 4.78 is 12.7. The highest BCUT2D eigenvalue weighted by Gasteiger charge is 2.36. The zero-order valence-corrected chi connectivity index (χ0v) is 8.24. The second kappa shape index (κ2) is 3.46. The Bertz CT molecular complexity index is 413. The lowest BCUT2D eigenvalue weighted by Crippen LogP contribution is -2.29. The van der Waals surface area contributed by atoms with Gasteiger partial charge in [0.15, 0.2) is 0 Å². The number of carbonyl (C=O) groups is 2. The minimum Gasteiger partial charge on any atom is -0.274 e. The van der Waals surface area contributed by atoms with Crippen LogP contribution in [0.2, 0.25) is 0 Å². The van der Waals surface area contributed by atoms with Crippen LogP contribution in [0.4, 0.5) is 10.1 Å². The number of hydrogen-bond donors (Lipinski definition) is 0. The van der Waals surface area contributed by atoms with E-state index in [1.54, 1.807) is 6.92 Å². The molecule has 0 radical (unpaired) electrons. The molecular weight excluding hydrogens is 197 g/mol. The maximum absolute atomic E-state index is 12.7. The van der Waals surface area contributed by atoms with Crippen molar-refractivity contribution < 1.29 is 14.0 Å². The van der Waals surface area contributed by atoms with Crippen molar-refractivity contribution in [3.63, 3.8) is 0 Å². The highest BCUT2D eigenvalue weighted by atomic mass is 19.1. The molecule has 1 aromatic carbocycles. The molecule has 0 saturated carbocycles.